The monoisotopic (exact) mass is 618 g/mol. The Hall–Kier alpha value is -1.39. The minimum atomic E-state index is -0.655. The van der Waals surface area contributed by atoms with E-state index in [1.54, 1.807) is 0 Å². The molecule has 0 aliphatic heterocycles. The van der Waals surface area contributed by atoms with Crippen molar-refractivity contribution in [3.63, 3.8) is 0 Å². The van der Waals surface area contributed by atoms with E-state index in [0.717, 1.165) is 38.5 Å². The molecule has 0 aliphatic carbocycles. The molecule has 0 saturated carbocycles. The number of amides is 1. The summed E-state index contributed by atoms with van der Waals surface area (Å²) in [5.41, 5.74) is 0. The summed E-state index contributed by atoms with van der Waals surface area (Å²) in [6.07, 6.45) is 46.7. The van der Waals surface area contributed by atoms with E-state index in [-0.39, 0.29) is 12.5 Å². The average Bonchev–Trinajstić information content (AvgIpc) is 3.03. The first kappa shape index (κ1) is 42.6. The zero-order valence-corrected chi connectivity index (χ0v) is 29.4. The summed E-state index contributed by atoms with van der Waals surface area (Å²) in [7, 11) is 0. The van der Waals surface area contributed by atoms with Crippen molar-refractivity contribution in [2.24, 2.45) is 0 Å². The van der Waals surface area contributed by atoms with Gasteiger partial charge in [0.25, 0.3) is 0 Å². The lowest BCUT2D eigenvalue weighted by molar-refractivity contribution is -0.123. The highest BCUT2D eigenvalue weighted by molar-refractivity contribution is 5.76. The Morgan fingerprint density at radius 3 is 1.39 bits per heavy atom. The van der Waals surface area contributed by atoms with Crippen LogP contribution in [0.1, 0.15) is 194 Å². The number of aliphatic hydroxyl groups is 2. The van der Waals surface area contributed by atoms with Gasteiger partial charge >= 0.3 is 0 Å². The Morgan fingerprint density at radius 2 is 0.932 bits per heavy atom. The SMILES string of the molecule is CCCCCCC/C=C\C/C=C\C/C=C\CCCCCCCCCCCCCCC(=O)NC(CO)C(O)CCCCCCC. The van der Waals surface area contributed by atoms with Crippen molar-refractivity contribution in [2.45, 2.75) is 206 Å². The van der Waals surface area contributed by atoms with Crippen molar-refractivity contribution in [3.8, 4) is 0 Å². The first-order chi connectivity index (χ1) is 21.7. The van der Waals surface area contributed by atoms with Crippen LogP contribution in [0, 0.1) is 0 Å². The topological polar surface area (TPSA) is 69.6 Å². The molecule has 0 fully saturated rings. The Bertz CT molecular complexity index is 672. The first-order valence-electron chi connectivity index (χ1n) is 19.2. The molecule has 1 amide bonds. The van der Waals surface area contributed by atoms with E-state index in [1.165, 1.54) is 128 Å². The summed E-state index contributed by atoms with van der Waals surface area (Å²) in [4.78, 5) is 12.2. The molecule has 0 spiro atoms. The number of hydrogen-bond acceptors (Lipinski definition) is 3. The second kappa shape index (κ2) is 36.1. The maximum Gasteiger partial charge on any atom is 0.220 e. The molecule has 0 aliphatic rings. The Morgan fingerprint density at radius 1 is 0.545 bits per heavy atom. The molecule has 258 valence electrons. The lowest BCUT2D eigenvalue weighted by Crippen LogP contribution is -2.45. The van der Waals surface area contributed by atoms with Gasteiger partial charge in [-0.3, -0.25) is 4.79 Å². The molecule has 0 heterocycles. The minimum absolute atomic E-state index is 0.0419. The van der Waals surface area contributed by atoms with Gasteiger partial charge in [0, 0.05) is 6.42 Å². The third-order valence-corrected chi connectivity index (χ3v) is 8.65. The fourth-order valence-electron chi connectivity index (χ4n) is 5.66. The van der Waals surface area contributed by atoms with Gasteiger partial charge in [0.1, 0.15) is 0 Å². The Labute approximate surface area is 274 Å². The molecule has 0 aromatic rings. The first-order valence-corrected chi connectivity index (χ1v) is 19.2. The van der Waals surface area contributed by atoms with Crippen LogP contribution in [0.25, 0.3) is 0 Å². The fourth-order valence-corrected chi connectivity index (χ4v) is 5.66. The molecule has 0 radical (unpaired) electrons. The van der Waals surface area contributed by atoms with Crippen molar-refractivity contribution >= 4 is 5.91 Å². The minimum Gasteiger partial charge on any atom is -0.394 e. The predicted molar refractivity (Wildman–Crippen MR) is 193 cm³/mol. The lowest BCUT2D eigenvalue weighted by Gasteiger charge is -2.22. The van der Waals surface area contributed by atoms with Gasteiger partial charge in [-0.05, 0) is 51.4 Å². The van der Waals surface area contributed by atoms with Crippen molar-refractivity contribution in [1.82, 2.24) is 5.32 Å². The number of unbranched alkanes of at least 4 members (excludes halogenated alkanes) is 21. The third-order valence-electron chi connectivity index (χ3n) is 8.65. The summed E-state index contributed by atoms with van der Waals surface area (Å²) in [5, 5.41) is 22.7. The molecular formula is C40H75NO3. The fraction of sp³-hybridized carbons (Fsp3) is 0.825. The van der Waals surface area contributed by atoms with E-state index in [9.17, 15) is 15.0 Å². The van der Waals surface area contributed by atoms with Gasteiger partial charge in [-0.15, -0.1) is 0 Å². The second-order valence-corrected chi connectivity index (χ2v) is 13.0. The second-order valence-electron chi connectivity index (χ2n) is 13.0. The molecule has 0 aromatic carbocycles. The van der Waals surface area contributed by atoms with Crippen LogP contribution in [0.15, 0.2) is 36.5 Å². The molecule has 0 aromatic heterocycles. The summed E-state index contributed by atoms with van der Waals surface area (Å²) in [6.45, 7) is 4.26. The van der Waals surface area contributed by atoms with E-state index in [0.29, 0.717) is 12.8 Å². The zero-order valence-electron chi connectivity index (χ0n) is 29.4. The molecule has 4 nitrogen and oxygen atoms in total. The number of rotatable bonds is 34. The van der Waals surface area contributed by atoms with Crippen LogP contribution in [0.2, 0.25) is 0 Å². The summed E-state index contributed by atoms with van der Waals surface area (Å²) in [6, 6.07) is -0.532. The molecule has 0 rings (SSSR count). The molecule has 3 N–H and O–H groups in total. The van der Waals surface area contributed by atoms with Gasteiger partial charge < -0.3 is 15.5 Å². The van der Waals surface area contributed by atoms with Crippen LogP contribution < -0.4 is 5.32 Å². The number of nitrogens with one attached hydrogen (secondary N) is 1. The van der Waals surface area contributed by atoms with E-state index < -0.39 is 12.1 Å². The van der Waals surface area contributed by atoms with Gasteiger partial charge in [-0.2, -0.15) is 0 Å². The van der Waals surface area contributed by atoms with Crippen LogP contribution in [-0.4, -0.2) is 34.9 Å². The van der Waals surface area contributed by atoms with Crippen LogP contribution in [0.4, 0.5) is 0 Å². The van der Waals surface area contributed by atoms with Crippen LogP contribution in [-0.2, 0) is 4.79 Å². The number of hydrogen-bond donors (Lipinski definition) is 3. The summed E-state index contributed by atoms with van der Waals surface area (Å²) < 4.78 is 0. The van der Waals surface area contributed by atoms with E-state index in [2.05, 4.69) is 55.6 Å². The van der Waals surface area contributed by atoms with Gasteiger partial charge in [-0.25, -0.2) is 0 Å². The molecule has 0 bridgehead atoms. The van der Waals surface area contributed by atoms with Crippen LogP contribution >= 0.6 is 0 Å². The third kappa shape index (κ3) is 32.0. The van der Waals surface area contributed by atoms with Gasteiger partial charge in [-0.1, -0.05) is 172 Å². The average molecular weight is 618 g/mol. The van der Waals surface area contributed by atoms with Gasteiger partial charge in [0.05, 0.1) is 18.8 Å². The number of carbonyl (C=O) groups excluding carboxylic acids is 1. The quantitative estimate of drug-likeness (QED) is 0.0497. The van der Waals surface area contributed by atoms with Crippen LogP contribution in [0.3, 0.4) is 0 Å². The molecule has 2 atom stereocenters. The number of carbonyl (C=O) groups is 1. The molecule has 44 heavy (non-hydrogen) atoms. The van der Waals surface area contributed by atoms with Crippen LogP contribution in [0.5, 0.6) is 0 Å². The number of allylic oxidation sites excluding steroid dienone is 6. The normalized spacial score (nSPS) is 13.5. The van der Waals surface area contributed by atoms with Crippen molar-refractivity contribution < 1.29 is 15.0 Å². The maximum absolute atomic E-state index is 12.2. The highest BCUT2D eigenvalue weighted by atomic mass is 16.3. The molecule has 4 heteroatoms. The number of aliphatic hydroxyl groups excluding tert-OH is 2. The predicted octanol–water partition coefficient (Wildman–Crippen LogP) is 11.5. The van der Waals surface area contributed by atoms with E-state index >= 15 is 0 Å². The van der Waals surface area contributed by atoms with Crippen molar-refractivity contribution in [3.05, 3.63) is 36.5 Å². The maximum atomic E-state index is 12.2. The molecule has 2 unspecified atom stereocenters. The summed E-state index contributed by atoms with van der Waals surface area (Å²) >= 11 is 0. The highest BCUT2D eigenvalue weighted by Crippen LogP contribution is 2.14. The standard InChI is InChI=1S/C40H75NO3/c1-3-5-7-9-10-11-12-13-14-15-16-17-18-19-20-21-22-23-24-25-26-27-28-29-30-32-34-36-40(44)41-38(37-42)39(43)35-33-31-8-6-4-2/h12-13,15-16,18-19,38-39,42-43H,3-11,14,17,20-37H2,1-2H3,(H,41,44)/b13-12-,16-15-,19-18-. The van der Waals surface area contributed by atoms with Gasteiger partial charge in [0.15, 0.2) is 0 Å². The summed E-state index contributed by atoms with van der Waals surface area (Å²) in [5.74, 6) is -0.0419. The van der Waals surface area contributed by atoms with Crippen molar-refractivity contribution in [1.29, 1.82) is 0 Å². The van der Waals surface area contributed by atoms with Crippen molar-refractivity contribution in [2.75, 3.05) is 6.61 Å². The smallest absolute Gasteiger partial charge is 0.220 e. The Kier molecular flexibility index (Phi) is 34.9. The van der Waals surface area contributed by atoms with Gasteiger partial charge in [0.2, 0.25) is 5.91 Å². The lowest BCUT2D eigenvalue weighted by atomic mass is 10.0. The van der Waals surface area contributed by atoms with E-state index in [1.807, 2.05) is 0 Å². The molecular weight excluding hydrogens is 542 g/mol. The van der Waals surface area contributed by atoms with E-state index in [4.69, 9.17) is 0 Å². The zero-order chi connectivity index (χ0) is 32.2. The largest absolute Gasteiger partial charge is 0.394 e. The Balaban J connectivity index is 3.45. The molecule has 0 saturated heterocycles. The highest BCUT2D eigenvalue weighted by Gasteiger charge is 2.19.